The second-order valence-corrected chi connectivity index (χ2v) is 5.78. The van der Waals surface area contributed by atoms with E-state index in [-0.39, 0.29) is 23.8 Å². The van der Waals surface area contributed by atoms with E-state index in [0.29, 0.717) is 19.6 Å². The fourth-order valence-corrected chi connectivity index (χ4v) is 2.97. The Hall–Kier alpha value is -1.88. The molecule has 1 aromatic carbocycles. The third-order valence-corrected chi connectivity index (χ3v) is 4.33. The van der Waals surface area contributed by atoms with Crippen LogP contribution in [0.1, 0.15) is 24.5 Å². The normalized spacial score (nSPS) is 30.9. The summed E-state index contributed by atoms with van der Waals surface area (Å²) >= 11 is 0. The van der Waals surface area contributed by atoms with Gasteiger partial charge in [-0.1, -0.05) is 30.3 Å². The van der Waals surface area contributed by atoms with Crippen LogP contribution in [0.4, 0.5) is 0 Å². The molecular weight excluding hydrogens is 270 g/mol. The number of aliphatic carboxylic acids is 1. The Morgan fingerprint density at radius 1 is 1.24 bits per heavy atom. The van der Waals surface area contributed by atoms with Crippen molar-refractivity contribution in [3.05, 3.63) is 35.9 Å². The van der Waals surface area contributed by atoms with Gasteiger partial charge in [-0.05, 0) is 18.4 Å². The van der Waals surface area contributed by atoms with Gasteiger partial charge in [0.1, 0.15) is 0 Å². The van der Waals surface area contributed by atoms with Gasteiger partial charge < -0.3 is 15.2 Å². The number of carboxylic acid groups (broad SMARTS) is 1. The molecule has 112 valence electrons. The van der Waals surface area contributed by atoms with Crippen molar-refractivity contribution in [2.75, 3.05) is 13.2 Å². The summed E-state index contributed by atoms with van der Waals surface area (Å²) in [5, 5.41) is 11.7. The molecule has 1 saturated carbocycles. The van der Waals surface area contributed by atoms with Crippen molar-refractivity contribution in [3.8, 4) is 0 Å². The molecule has 0 radical (unpaired) electrons. The Kier molecular flexibility index (Phi) is 3.92. The molecule has 2 aliphatic rings. The average molecular weight is 289 g/mol. The highest BCUT2D eigenvalue weighted by Crippen LogP contribution is 2.39. The van der Waals surface area contributed by atoms with Crippen LogP contribution in [0, 0.1) is 17.8 Å². The monoisotopic (exact) mass is 289 g/mol. The van der Waals surface area contributed by atoms with Gasteiger partial charge in [-0.15, -0.1) is 0 Å². The summed E-state index contributed by atoms with van der Waals surface area (Å²) in [5.74, 6) is -1.60. The standard InChI is InChI=1S/C16H19NO4/c18-15(12-8-13(12)16(19)20)17-9-11-6-7-21-14(11)10-4-2-1-3-5-10/h1-5,11-14H,6-9H2,(H,17,18)(H,19,20)/t11-,12?,13?,14-/m1/s1. The topological polar surface area (TPSA) is 75.6 Å². The Labute approximate surface area is 123 Å². The maximum absolute atomic E-state index is 11.9. The molecule has 1 saturated heterocycles. The first kappa shape index (κ1) is 14.1. The first-order chi connectivity index (χ1) is 10.2. The fourth-order valence-electron chi connectivity index (χ4n) is 2.97. The second-order valence-electron chi connectivity index (χ2n) is 5.78. The fraction of sp³-hybridized carbons (Fsp3) is 0.500. The van der Waals surface area contributed by atoms with Crippen molar-refractivity contribution >= 4 is 11.9 Å². The van der Waals surface area contributed by atoms with Crippen molar-refractivity contribution in [2.45, 2.75) is 18.9 Å². The van der Waals surface area contributed by atoms with Crippen LogP contribution in [0.15, 0.2) is 30.3 Å². The molecule has 0 spiro atoms. The van der Waals surface area contributed by atoms with E-state index in [0.717, 1.165) is 12.0 Å². The van der Waals surface area contributed by atoms with Crippen molar-refractivity contribution in [3.63, 3.8) is 0 Å². The van der Waals surface area contributed by atoms with E-state index in [2.05, 4.69) is 5.32 Å². The molecule has 2 N–H and O–H groups in total. The third-order valence-electron chi connectivity index (χ3n) is 4.33. The largest absolute Gasteiger partial charge is 0.481 e. The van der Waals surface area contributed by atoms with Gasteiger partial charge in [0.25, 0.3) is 0 Å². The SMILES string of the molecule is O=C(O)C1CC1C(=O)NC[C@H]1CCO[C@@H]1c1ccccc1. The minimum atomic E-state index is -0.874. The lowest BCUT2D eigenvalue weighted by atomic mass is 9.95. The molecular formula is C16H19NO4. The summed E-state index contributed by atoms with van der Waals surface area (Å²) in [7, 11) is 0. The highest BCUT2D eigenvalue weighted by atomic mass is 16.5. The first-order valence-electron chi connectivity index (χ1n) is 7.34. The Balaban J connectivity index is 1.53. The van der Waals surface area contributed by atoms with Crippen LogP contribution in [0.2, 0.25) is 0 Å². The van der Waals surface area contributed by atoms with Gasteiger partial charge in [0.15, 0.2) is 0 Å². The lowest BCUT2D eigenvalue weighted by Gasteiger charge is -2.19. The van der Waals surface area contributed by atoms with Gasteiger partial charge in [0.2, 0.25) is 5.91 Å². The van der Waals surface area contributed by atoms with Gasteiger partial charge in [0, 0.05) is 19.1 Å². The Bertz CT molecular complexity index is 530. The van der Waals surface area contributed by atoms with E-state index in [9.17, 15) is 9.59 Å². The van der Waals surface area contributed by atoms with Crippen LogP contribution in [-0.4, -0.2) is 30.1 Å². The van der Waals surface area contributed by atoms with Gasteiger partial charge in [-0.3, -0.25) is 9.59 Å². The Morgan fingerprint density at radius 3 is 2.67 bits per heavy atom. The molecule has 1 amide bonds. The summed E-state index contributed by atoms with van der Waals surface area (Å²) in [6, 6.07) is 10.00. The molecule has 5 heteroatoms. The molecule has 4 atom stereocenters. The minimum absolute atomic E-state index is 0.0148. The Morgan fingerprint density at radius 2 is 2.00 bits per heavy atom. The maximum atomic E-state index is 11.9. The molecule has 2 unspecified atom stereocenters. The summed E-state index contributed by atoms with van der Waals surface area (Å²) in [4.78, 5) is 22.7. The maximum Gasteiger partial charge on any atom is 0.307 e. The summed E-state index contributed by atoms with van der Waals surface area (Å²) in [6.07, 6.45) is 1.39. The van der Waals surface area contributed by atoms with Gasteiger partial charge in [-0.2, -0.15) is 0 Å². The van der Waals surface area contributed by atoms with E-state index in [1.165, 1.54) is 0 Å². The van der Waals surface area contributed by atoms with Crippen LogP contribution in [0.25, 0.3) is 0 Å². The summed E-state index contributed by atoms with van der Waals surface area (Å²) < 4.78 is 5.77. The number of hydrogen-bond donors (Lipinski definition) is 2. The van der Waals surface area contributed by atoms with Crippen LogP contribution in [0.3, 0.4) is 0 Å². The van der Waals surface area contributed by atoms with E-state index < -0.39 is 11.9 Å². The lowest BCUT2D eigenvalue weighted by Crippen LogP contribution is -2.32. The zero-order valence-electron chi connectivity index (χ0n) is 11.7. The highest BCUT2D eigenvalue weighted by Gasteiger charge is 2.48. The molecule has 1 aromatic rings. The first-order valence-corrected chi connectivity index (χ1v) is 7.34. The molecule has 0 aromatic heterocycles. The van der Waals surface area contributed by atoms with Crippen LogP contribution in [0.5, 0.6) is 0 Å². The number of ether oxygens (including phenoxy) is 1. The zero-order valence-corrected chi connectivity index (χ0v) is 11.7. The number of amides is 1. The minimum Gasteiger partial charge on any atom is -0.481 e. The number of carbonyl (C=O) groups excluding carboxylic acids is 1. The number of rotatable bonds is 5. The summed E-state index contributed by atoms with van der Waals surface area (Å²) in [5.41, 5.74) is 1.13. The lowest BCUT2D eigenvalue weighted by molar-refractivity contribution is -0.140. The average Bonchev–Trinajstić information content (AvgIpc) is 3.17. The molecule has 5 nitrogen and oxygen atoms in total. The molecule has 1 aliphatic heterocycles. The number of carbonyl (C=O) groups is 2. The number of benzene rings is 1. The van der Waals surface area contributed by atoms with Gasteiger partial charge in [0.05, 0.1) is 17.9 Å². The summed E-state index contributed by atoms with van der Waals surface area (Å²) in [6.45, 7) is 1.24. The zero-order chi connectivity index (χ0) is 14.8. The van der Waals surface area contributed by atoms with E-state index in [1.807, 2.05) is 30.3 Å². The molecule has 2 fully saturated rings. The quantitative estimate of drug-likeness (QED) is 0.863. The van der Waals surface area contributed by atoms with Gasteiger partial charge >= 0.3 is 5.97 Å². The van der Waals surface area contributed by atoms with Crippen molar-refractivity contribution < 1.29 is 19.4 Å². The number of carboxylic acids is 1. The highest BCUT2D eigenvalue weighted by molar-refractivity contribution is 5.89. The van der Waals surface area contributed by atoms with Crippen LogP contribution < -0.4 is 5.32 Å². The number of hydrogen-bond acceptors (Lipinski definition) is 3. The van der Waals surface area contributed by atoms with E-state index in [1.54, 1.807) is 0 Å². The predicted molar refractivity (Wildman–Crippen MR) is 75.5 cm³/mol. The third kappa shape index (κ3) is 3.08. The molecule has 3 rings (SSSR count). The van der Waals surface area contributed by atoms with Crippen LogP contribution >= 0.6 is 0 Å². The van der Waals surface area contributed by atoms with E-state index >= 15 is 0 Å². The molecule has 0 bridgehead atoms. The van der Waals surface area contributed by atoms with Gasteiger partial charge in [-0.25, -0.2) is 0 Å². The number of nitrogens with one attached hydrogen (secondary N) is 1. The van der Waals surface area contributed by atoms with Crippen LogP contribution in [-0.2, 0) is 14.3 Å². The van der Waals surface area contributed by atoms with Crippen molar-refractivity contribution in [1.29, 1.82) is 0 Å². The van der Waals surface area contributed by atoms with Crippen molar-refractivity contribution in [1.82, 2.24) is 5.32 Å². The molecule has 1 aliphatic carbocycles. The predicted octanol–water partition coefficient (Wildman–Crippen LogP) is 1.60. The van der Waals surface area contributed by atoms with Crippen molar-refractivity contribution in [2.24, 2.45) is 17.8 Å². The smallest absolute Gasteiger partial charge is 0.307 e. The molecule has 21 heavy (non-hydrogen) atoms. The molecule has 1 heterocycles. The van der Waals surface area contributed by atoms with E-state index in [4.69, 9.17) is 9.84 Å². The second kappa shape index (κ2) is 5.85.